The zero-order valence-corrected chi connectivity index (χ0v) is 7.78. The molecule has 0 unspecified atom stereocenters. The zero-order valence-electron chi connectivity index (χ0n) is 7.78. The second kappa shape index (κ2) is 3.60. The van der Waals surface area contributed by atoms with Gasteiger partial charge in [0.25, 0.3) is 0 Å². The number of hydrogen-bond donors (Lipinski definition) is 1. The third kappa shape index (κ3) is 2.08. The first-order valence-corrected chi connectivity index (χ1v) is 4.27. The van der Waals surface area contributed by atoms with Crippen LogP contribution in [-0.2, 0) is 9.59 Å². The van der Waals surface area contributed by atoms with Crippen molar-refractivity contribution in [1.29, 1.82) is 0 Å². The largest absolute Gasteiger partial charge is 0.478 e. The second-order valence-electron chi connectivity index (χ2n) is 3.35. The van der Waals surface area contributed by atoms with E-state index in [1.54, 1.807) is 0 Å². The highest BCUT2D eigenvalue weighted by atomic mass is 16.4. The molecule has 0 radical (unpaired) electrons. The van der Waals surface area contributed by atoms with Gasteiger partial charge in [0.2, 0.25) is 5.91 Å². The first-order valence-electron chi connectivity index (χ1n) is 4.27. The Labute approximate surface area is 76.8 Å². The van der Waals surface area contributed by atoms with Crippen molar-refractivity contribution >= 4 is 11.9 Å². The van der Waals surface area contributed by atoms with Crippen LogP contribution in [0.4, 0.5) is 0 Å². The Balaban J connectivity index is 2.87. The monoisotopic (exact) mass is 183 g/mol. The van der Waals surface area contributed by atoms with Gasteiger partial charge in [0, 0.05) is 18.7 Å². The standard InChI is InChI=1S/C9H13NO3/c1-6(2)10-5-7(9(12)13)3-4-8(10)11/h5-6H,3-4H2,1-2H3,(H,12,13). The van der Waals surface area contributed by atoms with E-state index in [4.69, 9.17) is 5.11 Å². The Hall–Kier alpha value is -1.32. The third-order valence-corrected chi connectivity index (χ3v) is 2.02. The van der Waals surface area contributed by atoms with Crippen molar-refractivity contribution in [2.75, 3.05) is 0 Å². The van der Waals surface area contributed by atoms with E-state index in [2.05, 4.69) is 0 Å². The van der Waals surface area contributed by atoms with Crippen LogP contribution in [0.3, 0.4) is 0 Å². The summed E-state index contributed by atoms with van der Waals surface area (Å²) >= 11 is 0. The van der Waals surface area contributed by atoms with Crippen LogP contribution in [0.5, 0.6) is 0 Å². The van der Waals surface area contributed by atoms with E-state index in [0.29, 0.717) is 18.4 Å². The number of aliphatic carboxylic acids is 1. The molecule has 13 heavy (non-hydrogen) atoms. The van der Waals surface area contributed by atoms with Crippen LogP contribution in [-0.4, -0.2) is 27.9 Å². The Morgan fingerprint density at radius 1 is 1.54 bits per heavy atom. The van der Waals surface area contributed by atoms with Crippen molar-refractivity contribution in [3.05, 3.63) is 11.8 Å². The number of carbonyl (C=O) groups is 2. The van der Waals surface area contributed by atoms with E-state index in [0.717, 1.165) is 0 Å². The normalized spacial score (nSPS) is 17.6. The van der Waals surface area contributed by atoms with Crippen LogP contribution in [0.1, 0.15) is 26.7 Å². The fourth-order valence-electron chi connectivity index (χ4n) is 1.27. The molecule has 0 atom stereocenters. The fourth-order valence-corrected chi connectivity index (χ4v) is 1.27. The number of nitrogens with zero attached hydrogens (tertiary/aromatic N) is 1. The van der Waals surface area contributed by atoms with Gasteiger partial charge in [-0.15, -0.1) is 0 Å². The maximum atomic E-state index is 11.3. The van der Waals surface area contributed by atoms with Crippen LogP contribution in [0.25, 0.3) is 0 Å². The molecule has 0 aromatic rings. The highest BCUT2D eigenvalue weighted by Gasteiger charge is 2.23. The Morgan fingerprint density at radius 2 is 2.15 bits per heavy atom. The Kier molecular flexibility index (Phi) is 2.70. The molecule has 0 bridgehead atoms. The second-order valence-corrected chi connectivity index (χ2v) is 3.35. The Morgan fingerprint density at radius 3 is 2.62 bits per heavy atom. The summed E-state index contributed by atoms with van der Waals surface area (Å²) in [6.45, 7) is 3.72. The van der Waals surface area contributed by atoms with E-state index < -0.39 is 5.97 Å². The molecule has 0 aliphatic carbocycles. The first kappa shape index (κ1) is 9.77. The quantitative estimate of drug-likeness (QED) is 0.694. The minimum atomic E-state index is -0.932. The molecule has 1 heterocycles. The molecule has 0 aromatic heterocycles. The molecule has 0 saturated carbocycles. The summed E-state index contributed by atoms with van der Waals surface area (Å²) < 4.78 is 0. The highest BCUT2D eigenvalue weighted by molar-refractivity contribution is 5.90. The molecule has 1 amide bonds. The van der Waals surface area contributed by atoms with Gasteiger partial charge in [-0.3, -0.25) is 4.79 Å². The smallest absolute Gasteiger partial charge is 0.333 e. The zero-order chi connectivity index (χ0) is 10.0. The van der Waals surface area contributed by atoms with Gasteiger partial charge in [-0.2, -0.15) is 0 Å². The van der Waals surface area contributed by atoms with E-state index in [1.165, 1.54) is 11.1 Å². The SMILES string of the molecule is CC(C)N1C=C(C(=O)O)CCC1=O. The average Bonchev–Trinajstić information content (AvgIpc) is 2.04. The highest BCUT2D eigenvalue weighted by Crippen LogP contribution is 2.17. The van der Waals surface area contributed by atoms with Crippen LogP contribution < -0.4 is 0 Å². The predicted octanol–water partition coefficient (Wildman–Crippen LogP) is 0.986. The van der Waals surface area contributed by atoms with E-state index in [-0.39, 0.29) is 11.9 Å². The van der Waals surface area contributed by atoms with Gasteiger partial charge in [-0.05, 0) is 20.3 Å². The van der Waals surface area contributed by atoms with Gasteiger partial charge >= 0.3 is 5.97 Å². The summed E-state index contributed by atoms with van der Waals surface area (Å²) in [6.07, 6.45) is 2.09. The Bertz CT molecular complexity index is 268. The van der Waals surface area contributed by atoms with Gasteiger partial charge in [0.15, 0.2) is 0 Å². The number of hydrogen-bond acceptors (Lipinski definition) is 2. The lowest BCUT2D eigenvalue weighted by atomic mass is 10.1. The summed E-state index contributed by atoms with van der Waals surface area (Å²) in [6, 6.07) is 0.0298. The molecule has 4 heteroatoms. The van der Waals surface area contributed by atoms with E-state index >= 15 is 0 Å². The number of carbonyl (C=O) groups excluding carboxylic acids is 1. The van der Waals surface area contributed by atoms with Gasteiger partial charge in [-0.25, -0.2) is 4.79 Å². The molecule has 0 saturated heterocycles. The van der Waals surface area contributed by atoms with Crippen molar-refractivity contribution in [1.82, 2.24) is 4.90 Å². The van der Waals surface area contributed by atoms with Crippen molar-refractivity contribution < 1.29 is 14.7 Å². The number of amides is 1. The predicted molar refractivity (Wildman–Crippen MR) is 46.9 cm³/mol. The summed E-state index contributed by atoms with van der Waals surface area (Å²) in [4.78, 5) is 23.4. The molecule has 1 aliphatic heterocycles. The van der Waals surface area contributed by atoms with Gasteiger partial charge in [0.1, 0.15) is 0 Å². The molecule has 72 valence electrons. The molecule has 0 spiro atoms. The molecule has 1 N–H and O–H groups in total. The minimum absolute atomic E-state index is 0.000000000000000222. The van der Waals surface area contributed by atoms with Crippen molar-refractivity contribution in [2.45, 2.75) is 32.7 Å². The summed E-state index contributed by atoms with van der Waals surface area (Å²) in [5, 5.41) is 8.72. The lowest BCUT2D eigenvalue weighted by Crippen LogP contribution is -2.35. The van der Waals surface area contributed by atoms with Crippen LogP contribution in [0, 0.1) is 0 Å². The lowest BCUT2D eigenvalue weighted by Gasteiger charge is -2.27. The van der Waals surface area contributed by atoms with Crippen molar-refractivity contribution in [3.63, 3.8) is 0 Å². The summed E-state index contributed by atoms with van der Waals surface area (Å²) in [5.74, 6) is -0.932. The maximum absolute atomic E-state index is 11.3. The summed E-state index contributed by atoms with van der Waals surface area (Å²) in [7, 11) is 0. The van der Waals surface area contributed by atoms with Gasteiger partial charge in [0.05, 0.1) is 5.57 Å². The topological polar surface area (TPSA) is 57.6 Å². The van der Waals surface area contributed by atoms with Gasteiger partial charge < -0.3 is 10.0 Å². The van der Waals surface area contributed by atoms with E-state index in [9.17, 15) is 9.59 Å². The molecule has 0 aromatic carbocycles. The molecule has 1 aliphatic rings. The lowest BCUT2D eigenvalue weighted by molar-refractivity contribution is -0.134. The minimum Gasteiger partial charge on any atom is -0.478 e. The molecule has 1 rings (SSSR count). The molecule has 0 fully saturated rings. The molecular formula is C9H13NO3. The third-order valence-electron chi connectivity index (χ3n) is 2.02. The average molecular weight is 183 g/mol. The molecule has 4 nitrogen and oxygen atoms in total. The first-order chi connectivity index (χ1) is 6.02. The maximum Gasteiger partial charge on any atom is 0.333 e. The fraction of sp³-hybridized carbons (Fsp3) is 0.556. The van der Waals surface area contributed by atoms with Crippen LogP contribution >= 0.6 is 0 Å². The van der Waals surface area contributed by atoms with Crippen LogP contribution in [0.15, 0.2) is 11.8 Å². The van der Waals surface area contributed by atoms with Crippen molar-refractivity contribution in [2.24, 2.45) is 0 Å². The van der Waals surface area contributed by atoms with Crippen LogP contribution in [0.2, 0.25) is 0 Å². The summed E-state index contributed by atoms with van der Waals surface area (Å²) in [5.41, 5.74) is 0.313. The molecular weight excluding hydrogens is 170 g/mol. The number of carboxylic acids is 1. The number of rotatable bonds is 2. The van der Waals surface area contributed by atoms with Crippen molar-refractivity contribution in [3.8, 4) is 0 Å². The van der Waals surface area contributed by atoms with Gasteiger partial charge in [-0.1, -0.05) is 0 Å². The van der Waals surface area contributed by atoms with E-state index in [1.807, 2.05) is 13.8 Å². The number of carboxylic acid groups (broad SMARTS) is 1.